The molecule has 2 N–H and O–H groups in total. The third kappa shape index (κ3) is 4.23. The van der Waals surface area contributed by atoms with Crippen LogP contribution in [0.2, 0.25) is 0 Å². The third-order valence-corrected chi connectivity index (χ3v) is 6.36. The Morgan fingerprint density at radius 1 is 1.21 bits per heavy atom. The summed E-state index contributed by atoms with van der Waals surface area (Å²) >= 11 is 0. The first-order valence-electron chi connectivity index (χ1n) is 10.7. The number of rotatable bonds is 5. The Morgan fingerprint density at radius 2 is 2.00 bits per heavy atom. The van der Waals surface area contributed by atoms with Gasteiger partial charge in [0.05, 0.1) is 5.92 Å². The van der Waals surface area contributed by atoms with Crippen molar-refractivity contribution in [2.75, 3.05) is 13.1 Å². The molecular weight excluding hydrogens is 350 g/mol. The highest BCUT2D eigenvalue weighted by atomic mass is 16.2. The van der Waals surface area contributed by atoms with E-state index < -0.39 is 0 Å². The molecule has 2 aliphatic rings. The number of aromatic amines is 1. The molecule has 5 heteroatoms. The van der Waals surface area contributed by atoms with Gasteiger partial charge in [-0.15, -0.1) is 0 Å². The summed E-state index contributed by atoms with van der Waals surface area (Å²) in [5, 5.41) is 4.45. The first-order valence-corrected chi connectivity index (χ1v) is 10.7. The monoisotopic (exact) mass is 381 g/mol. The highest BCUT2D eigenvalue weighted by Crippen LogP contribution is 2.24. The molecule has 5 nitrogen and oxygen atoms in total. The molecule has 2 fully saturated rings. The summed E-state index contributed by atoms with van der Waals surface area (Å²) in [6.45, 7) is 3.32. The summed E-state index contributed by atoms with van der Waals surface area (Å²) in [6.07, 6.45) is 10.3. The zero-order valence-corrected chi connectivity index (χ0v) is 16.8. The zero-order valence-electron chi connectivity index (χ0n) is 16.8. The number of aryl methyl sites for hydroxylation is 1. The Morgan fingerprint density at radius 3 is 2.79 bits per heavy atom. The summed E-state index contributed by atoms with van der Waals surface area (Å²) in [4.78, 5) is 30.3. The number of benzene rings is 1. The van der Waals surface area contributed by atoms with E-state index in [4.69, 9.17) is 0 Å². The van der Waals surface area contributed by atoms with E-state index in [0.717, 1.165) is 24.8 Å². The van der Waals surface area contributed by atoms with Crippen molar-refractivity contribution in [2.24, 2.45) is 5.92 Å². The average molecular weight is 382 g/mol. The van der Waals surface area contributed by atoms with Crippen LogP contribution < -0.4 is 5.32 Å². The van der Waals surface area contributed by atoms with Crippen LogP contribution in [0.4, 0.5) is 0 Å². The Hall–Kier alpha value is -2.30. The Labute approximate surface area is 166 Å². The van der Waals surface area contributed by atoms with Gasteiger partial charge in [-0.05, 0) is 43.9 Å². The molecule has 1 saturated heterocycles. The second-order valence-electron chi connectivity index (χ2n) is 8.55. The lowest BCUT2D eigenvalue weighted by Gasteiger charge is -2.20. The lowest BCUT2D eigenvalue weighted by molar-refractivity contribution is -0.129. The summed E-state index contributed by atoms with van der Waals surface area (Å²) in [7, 11) is 0. The highest BCUT2D eigenvalue weighted by Gasteiger charge is 2.34. The molecule has 2 amide bonds. The van der Waals surface area contributed by atoms with Gasteiger partial charge in [-0.1, -0.05) is 37.3 Å². The van der Waals surface area contributed by atoms with Crippen LogP contribution >= 0.6 is 0 Å². The van der Waals surface area contributed by atoms with Gasteiger partial charge in [-0.2, -0.15) is 0 Å². The van der Waals surface area contributed by atoms with Crippen LogP contribution in [0, 0.1) is 12.8 Å². The average Bonchev–Trinajstić information content (AvgIpc) is 3.14. The van der Waals surface area contributed by atoms with Gasteiger partial charge in [-0.25, -0.2) is 0 Å². The van der Waals surface area contributed by atoms with Gasteiger partial charge in [0.15, 0.2) is 0 Å². The highest BCUT2D eigenvalue weighted by molar-refractivity contribution is 5.89. The molecule has 1 unspecified atom stereocenters. The van der Waals surface area contributed by atoms with E-state index in [0.29, 0.717) is 25.6 Å². The zero-order chi connectivity index (χ0) is 19.5. The molecule has 2 aromatic rings. The van der Waals surface area contributed by atoms with Crippen molar-refractivity contribution in [3.05, 3.63) is 35.5 Å². The van der Waals surface area contributed by atoms with Crippen molar-refractivity contribution in [1.82, 2.24) is 15.2 Å². The molecule has 2 heterocycles. The number of aromatic nitrogens is 1. The van der Waals surface area contributed by atoms with Crippen molar-refractivity contribution in [3.63, 3.8) is 0 Å². The number of H-pyrrole nitrogens is 1. The van der Waals surface area contributed by atoms with Crippen molar-refractivity contribution in [2.45, 2.75) is 64.3 Å². The number of carbonyl (C=O) groups excluding carboxylic acids is 2. The predicted octanol–water partition coefficient (Wildman–Crippen LogP) is 3.71. The topological polar surface area (TPSA) is 65.2 Å². The van der Waals surface area contributed by atoms with E-state index in [1.54, 1.807) is 0 Å². The van der Waals surface area contributed by atoms with Crippen LogP contribution in [0.5, 0.6) is 0 Å². The largest absolute Gasteiger partial charge is 0.361 e. The maximum atomic E-state index is 12.7. The van der Waals surface area contributed by atoms with E-state index in [2.05, 4.69) is 35.4 Å². The molecular formula is C23H31N3O2. The third-order valence-electron chi connectivity index (χ3n) is 6.36. The van der Waals surface area contributed by atoms with Crippen LogP contribution in [0.15, 0.2) is 24.4 Å². The molecule has 1 aliphatic heterocycles. The summed E-state index contributed by atoms with van der Waals surface area (Å²) in [6, 6.07) is 6.69. The number of nitrogens with zero attached hydrogens (tertiary/aromatic N) is 1. The molecule has 4 rings (SSSR count). The van der Waals surface area contributed by atoms with Crippen LogP contribution in [0.25, 0.3) is 10.9 Å². The number of nitrogens with one attached hydrogen (secondary N) is 2. The molecule has 1 aliphatic carbocycles. The fourth-order valence-corrected chi connectivity index (χ4v) is 4.66. The molecule has 1 saturated carbocycles. The predicted molar refractivity (Wildman–Crippen MR) is 111 cm³/mol. The second-order valence-corrected chi connectivity index (χ2v) is 8.55. The fraction of sp³-hybridized carbons (Fsp3) is 0.565. The fourth-order valence-electron chi connectivity index (χ4n) is 4.66. The van der Waals surface area contributed by atoms with Gasteiger partial charge in [0.2, 0.25) is 11.8 Å². The minimum absolute atomic E-state index is 0.0745. The van der Waals surface area contributed by atoms with Gasteiger partial charge in [0, 0.05) is 42.7 Å². The maximum Gasteiger partial charge on any atom is 0.225 e. The summed E-state index contributed by atoms with van der Waals surface area (Å²) in [5.74, 6) is -0.0107. The van der Waals surface area contributed by atoms with Gasteiger partial charge < -0.3 is 15.2 Å². The number of likely N-dealkylation sites (tertiary alicyclic amines) is 1. The molecule has 0 radical (unpaired) electrons. The minimum atomic E-state index is -0.194. The molecule has 0 spiro atoms. The van der Waals surface area contributed by atoms with Gasteiger partial charge >= 0.3 is 0 Å². The molecule has 1 aromatic carbocycles. The smallest absolute Gasteiger partial charge is 0.225 e. The normalized spacial score (nSPS) is 21.2. The SMILES string of the molecule is Cc1ccc2[nH]cc(CCN3CC(C(=O)NC4CCCCCC4)CC3=O)c2c1. The first-order chi connectivity index (χ1) is 13.6. The lowest BCUT2D eigenvalue weighted by atomic mass is 10.0. The maximum absolute atomic E-state index is 12.7. The second kappa shape index (κ2) is 8.38. The number of hydrogen-bond donors (Lipinski definition) is 2. The molecule has 150 valence electrons. The minimum Gasteiger partial charge on any atom is -0.361 e. The van der Waals surface area contributed by atoms with Gasteiger partial charge in [0.1, 0.15) is 0 Å². The van der Waals surface area contributed by atoms with E-state index in [-0.39, 0.29) is 17.7 Å². The van der Waals surface area contributed by atoms with E-state index >= 15 is 0 Å². The standard InChI is InChI=1S/C23H31N3O2/c1-16-8-9-21-20(12-16)17(14-24-21)10-11-26-15-18(13-22(26)27)23(28)25-19-6-4-2-3-5-7-19/h8-9,12,14,18-19,24H,2-7,10-11,13,15H2,1H3,(H,25,28). The Balaban J connectivity index is 1.32. The van der Waals surface area contributed by atoms with Crippen molar-refractivity contribution < 1.29 is 9.59 Å². The Kier molecular flexibility index (Phi) is 5.69. The molecule has 0 bridgehead atoms. The first kappa shape index (κ1) is 19.0. The molecule has 1 atom stereocenters. The lowest BCUT2D eigenvalue weighted by Crippen LogP contribution is -2.39. The van der Waals surface area contributed by atoms with E-state index in [1.165, 1.54) is 42.2 Å². The summed E-state index contributed by atoms with van der Waals surface area (Å²) < 4.78 is 0. The van der Waals surface area contributed by atoms with Gasteiger partial charge in [-0.3, -0.25) is 9.59 Å². The summed E-state index contributed by atoms with van der Waals surface area (Å²) in [5.41, 5.74) is 3.60. The number of fused-ring (bicyclic) bond motifs is 1. The van der Waals surface area contributed by atoms with E-state index in [9.17, 15) is 9.59 Å². The molecule has 1 aromatic heterocycles. The van der Waals surface area contributed by atoms with Crippen molar-refractivity contribution in [1.29, 1.82) is 0 Å². The molecule has 28 heavy (non-hydrogen) atoms. The van der Waals surface area contributed by atoms with Crippen LogP contribution in [0.1, 0.15) is 56.1 Å². The van der Waals surface area contributed by atoms with Crippen LogP contribution in [0.3, 0.4) is 0 Å². The number of amides is 2. The van der Waals surface area contributed by atoms with Crippen LogP contribution in [-0.2, 0) is 16.0 Å². The van der Waals surface area contributed by atoms with Crippen molar-refractivity contribution >= 4 is 22.7 Å². The quantitative estimate of drug-likeness (QED) is 0.776. The number of carbonyl (C=O) groups is 2. The number of hydrogen-bond acceptors (Lipinski definition) is 2. The van der Waals surface area contributed by atoms with Crippen LogP contribution in [-0.4, -0.2) is 40.8 Å². The Bertz CT molecular complexity index is 849. The van der Waals surface area contributed by atoms with Crippen molar-refractivity contribution in [3.8, 4) is 0 Å². The van der Waals surface area contributed by atoms with Gasteiger partial charge in [0.25, 0.3) is 0 Å². The van der Waals surface area contributed by atoms with E-state index in [1.807, 2.05) is 11.1 Å².